The zero-order valence-electron chi connectivity index (χ0n) is 15.6. The Morgan fingerprint density at radius 2 is 1.75 bits per heavy atom. The van der Waals surface area contributed by atoms with E-state index in [1.165, 1.54) is 23.9 Å². The van der Waals surface area contributed by atoms with E-state index in [1.54, 1.807) is 22.8 Å². The minimum Gasteiger partial charge on any atom is -0.268 e. The standard InChI is InChI=1S/C23H19FN2OS/c1-15-7-12-21(16(2)13-15)26-22(27)19-5-3-4-6-20(19)25-23(26)28-14-17-8-10-18(24)11-9-17/h3-13H,14H2,1-2H3. The summed E-state index contributed by atoms with van der Waals surface area (Å²) in [5.41, 5.74) is 4.55. The lowest BCUT2D eigenvalue weighted by Gasteiger charge is -2.15. The molecule has 0 unspecified atom stereocenters. The predicted octanol–water partition coefficient (Wildman–Crippen LogP) is 5.43. The monoisotopic (exact) mass is 390 g/mol. The van der Waals surface area contributed by atoms with E-state index in [-0.39, 0.29) is 11.4 Å². The number of benzene rings is 3. The molecule has 0 bridgehead atoms. The van der Waals surface area contributed by atoms with E-state index in [0.29, 0.717) is 21.8 Å². The highest BCUT2D eigenvalue weighted by atomic mass is 32.2. The first-order valence-corrected chi connectivity index (χ1v) is 9.98. The number of hydrogen-bond acceptors (Lipinski definition) is 3. The molecule has 0 fully saturated rings. The van der Waals surface area contributed by atoms with Crippen LogP contribution in [0.1, 0.15) is 16.7 Å². The first-order valence-electron chi connectivity index (χ1n) is 8.99. The predicted molar refractivity (Wildman–Crippen MR) is 113 cm³/mol. The van der Waals surface area contributed by atoms with E-state index in [2.05, 4.69) is 6.07 Å². The highest BCUT2D eigenvalue weighted by Crippen LogP contribution is 2.26. The molecule has 1 heterocycles. The zero-order valence-corrected chi connectivity index (χ0v) is 16.5. The Morgan fingerprint density at radius 3 is 2.50 bits per heavy atom. The molecular weight excluding hydrogens is 371 g/mol. The van der Waals surface area contributed by atoms with Gasteiger partial charge in [-0.3, -0.25) is 9.36 Å². The SMILES string of the molecule is Cc1ccc(-n2c(SCc3ccc(F)cc3)nc3ccccc3c2=O)c(C)c1. The molecule has 0 radical (unpaired) electrons. The molecule has 4 aromatic rings. The van der Waals surface area contributed by atoms with Gasteiger partial charge in [0.2, 0.25) is 0 Å². The molecule has 5 heteroatoms. The van der Waals surface area contributed by atoms with Crippen molar-refractivity contribution in [1.29, 1.82) is 0 Å². The molecule has 3 aromatic carbocycles. The van der Waals surface area contributed by atoms with E-state index >= 15 is 0 Å². The summed E-state index contributed by atoms with van der Waals surface area (Å²) >= 11 is 1.47. The second-order valence-electron chi connectivity index (χ2n) is 6.76. The number of aromatic nitrogens is 2. The number of thioether (sulfide) groups is 1. The van der Waals surface area contributed by atoms with Gasteiger partial charge in [0.1, 0.15) is 5.82 Å². The van der Waals surface area contributed by atoms with Crippen LogP contribution in [0.5, 0.6) is 0 Å². The molecule has 0 N–H and O–H groups in total. The highest BCUT2D eigenvalue weighted by molar-refractivity contribution is 7.98. The van der Waals surface area contributed by atoms with E-state index in [0.717, 1.165) is 22.4 Å². The van der Waals surface area contributed by atoms with Gasteiger partial charge >= 0.3 is 0 Å². The van der Waals surface area contributed by atoms with Crippen LogP contribution in [0, 0.1) is 19.7 Å². The third-order valence-corrected chi connectivity index (χ3v) is 5.63. The Balaban J connectivity index is 1.85. The number of aryl methyl sites for hydroxylation is 2. The van der Waals surface area contributed by atoms with Crippen molar-refractivity contribution in [1.82, 2.24) is 9.55 Å². The van der Waals surface area contributed by atoms with Crippen molar-refractivity contribution in [3.63, 3.8) is 0 Å². The van der Waals surface area contributed by atoms with Crippen LogP contribution < -0.4 is 5.56 Å². The molecule has 0 aliphatic rings. The second-order valence-corrected chi connectivity index (χ2v) is 7.70. The fourth-order valence-corrected chi connectivity index (χ4v) is 4.17. The van der Waals surface area contributed by atoms with Crippen LogP contribution in [0.15, 0.2) is 76.7 Å². The minimum absolute atomic E-state index is 0.0841. The Bertz CT molecular complexity index is 1220. The van der Waals surface area contributed by atoms with Crippen LogP contribution >= 0.6 is 11.8 Å². The molecule has 140 valence electrons. The summed E-state index contributed by atoms with van der Waals surface area (Å²) in [6.07, 6.45) is 0. The van der Waals surface area contributed by atoms with Crippen molar-refractivity contribution in [2.75, 3.05) is 0 Å². The maximum Gasteiger partial charge on any atom is 0.266 e. The van der Waals surface area contributed by atoms with Gasteiger partial charge in [-0.25, -0.2) is 9.37 Å². The van der Waals surface area contributed by atoms with Gasteiger partial charge < -0.3 is 0 Å². The van der Waals surface area contributed by atoms with Gasteiger partial charge in [-0.15, -0.1) is 0 Å². The van der Waals surface area contributed by atoms with Crippen molar-refractivity contribution in [2.24, 2.45) is 0 Å². The van der Waals surface area contributed by atoms with Crippen LogP contribution in [0.4, 0.5) is 4.39 Å². The molecule has 0 aliphatic heterocycles. The number of rotatable bonds is 4. The first kappa shape index (κ1) is 18.4. The van der Waals surface area contributed by atoms with Crippen molar-refractivity contribution >= 4 is 22.7 Å². The second kappa shape index (κ2) is 7.60. The van der Waals surface area contributed by atoms with Gasteiger partial charge in [-0.1, -0.05) is 53.7 Å². The molecular formula is C23H19FN2OS. The number of hydrogen-bond donors (Lipinski definition) is 0. The first-order chi connectivity index (χ1) is 13.5. The van der Waals surface area contributed by atoms with Crippen LogP contribution in [-0.2, 0) is 5.75 Å². The summed E-state index contributed by atoms with van der Waals surface area (Å²) in [5, 5.41) is 1.22. The average Bonchev–Trinajstić information content (AvgIpc) is 2.69. The Morgan fingerprint density at radius 1 is 1.00 bits per heavy atom. The van der Waals surface area contributed by atoms with E-state index in [1.807, 2.05) is 44.2 Å². The fourth-order valence-electron chi connectivity index (χ4n) is 3.21. The molecule has 0 aliphatic carbocycles. The largest absolute Gasteiger partial charge is 0.268 e. The summed E-state index contributed by atoms with van der Waals surface area (Å²) in [4.78, 5) is 18.1. The average molecular weight is 390 g/mol. The number of para-hydroxylation sites is 1. The normalized spacial score (nSPS) is 11.1. The molecule has 0 atom stereocenters. The Hall–Kier alpha value is -2.92. The van der Waals surface area contributed by atoms with Crippen LogP contribution in [0.3, 0.4) is 0 Å². The lowest BCUT2D eigenvalue weighted by atomic mass is 10.1. The highest BCUT2D eigenvalue weighted by Gasteiger charge is 2.15. The van der Waals surface area contributed by atoms with Crippen LogP contribution in [0.25, 0.3) is 16.6 Å². The molecule has 28 heavy (non-hydrogen) atoms. The van der Waals surface area contributed by atoms with Crippen LogP contribution in [-0.4, -0.2) is 9.55 Å². The maximum atomic E-state index is 13.3. The fraction of sp³-hybridized carbons (Fsp3) is 0.130. The smallest absolute Gasteiger partial charge is 0.266 e. The molecule has 1 aromatic heterocycles. The summed E-state index contributed by atoms with van der Waals surface area (Å²) in [7, 11) is 0. The van der Waals surface area contributed by atoms with E-state index in [4.69, 9.17) is 4.98 Å². The number of halogens is 1. The number of fused-ring (bicyclic) bond motifs is 1. The van der Waals surface area contributed by atoms with Gasteiger partial charge in [-0.2, -0.15) is 0 Å². The van der Waals surface area contributed by atoms with Crippen molar-refractivity contribution in [3.8, 4) is 5.69 Å². The van der Waals surface area contributed by atoms with Gasteiger partial charge in [0, 0.05) is 5.75 Å². The van der Waals surface area contributed by atoms with Gasteiger partial charge in [-0.05, 0) is 55.3 Å². The lowest BCUT2D eigenvalue weighted by Crippen LogP contribution is -2.22. The summed E-state index contributed by atoms with van der Waals surface area (Å²) in [6, 6.07) is 19.8. The Kier molecular flexibility index (Phi) is 5.01. The quantitative estimate of drug-likeness (QED) is 0.344. The van der Waals surface area contributed by atoms with Crippen molar-refractivity contribution in [3.05, 3.63) is 99.6 Å². The topological polar surface area (TPSA) is 34.9 Å². The van der Waals surface area contributed by atoms with E-state index < -0.39 is 0 Å². The van der Waals surface area contributed by atoms with Gasteiger partial charge in [0.25, 0.3) is 5.56 Å². The molecule has 4 rings (SSSR count). The van der Waals surface area contributed by atoms with Crippen molar-refractivity contribution < 1.29 is 4.39 Å². The van der Waals surface area contributed by atoms with E-state index in [9.17, 15) is 9.18 Å². The Labute approximate surface area is 166 Å². The zero-order chi connectivity index (χ0) is 19.7. The third kappa shape index (κ3) is 3.58. The molecule has 0 saturated heterocycles. The van der Waals surface area contributed by atoms with Gasteiger partial charge in [0.15, 0.2) is 5.16 Å². The summed E-state index contributed by atoms with van der Waals surface area (Å²) in [5.74, 6) is 0.334. The van der Waals surface area contributed by atoms with Crippen LogP contribution in [0.2, 0.25) is 0 Å². The third-order valence-electron chi connectivity index (χ3n) is 4.62. The molecule has 0 amide bonds. The molecule has 3 nitrogen and oxygen atoms in total. The molecule has 0 saturated carbocycles. The summed E-state index contributed by atoms with van der Waals surface area (Å²) < 4.78 is 14.9. The van der Waals surface area contributed by atoms with Gasteiger partial charge in [0.05, 0.1) is 16.6 Å². The molecule has 0 spiro atoms. The lowest BCUT2D eigenvalue weighted by molar-refractivity contribution is 0.627. The minimum atomic E-state index is -0.259. The number of nitrogens with zero attached hydrogens (tertiary/aromatic N) is 2. The maximum absolute atomic E-state index is 13.3. The summed E-state index contributed by atoms with van der Waals surface area (Å²) in [6.45, 7) is 4.03. The van der Waals surface area contributed by atoms with Crippen molar-refractivity contribution in [2.45, 2.75) is 24.8 Å².